The molecule has 0 aromatic heterocycles. The first-order chi connectivity index (χ1) is 9.70. The van der Waals surface area contributed by atoms with Crippen molar-refractivity contribution in [3.05, 3.63) is 58.1 Å². The van der Waals surface area contributed by atoms with E-state index in [0.29, 0.717) is 16.6 Å². The molecule has 0 aliphatic rings. The lowest BCUT2D eigenvalue weighted by Gasteiger charge is -2.11. The van der Waals surface area contributed by atoms with Gasteiger partial charge in [0.15, 0.2) is 0 Å². The third kappa shape index (κ3) is 4.06. The number of rotatable bonds is 6. The first kappa shape index (κ1) is 15.0. The summed E-state index contributed by atoms with van der Waals surface area (Å²) in [5.74, 6) is 0.895. The van der Waals surface area contributed by atoms with Crippen molar-refractivity contribution in [3.8, 4) is 5.75 Å². The molecule has 0 aliphatic heterocycles. The standard InChI is InChI=1S/C16H17Cl2NO/c1-2-10-20-13-8-6-12(7-9-13)11-19-16-14(17)4-3-5-15(16)18/h3-9,19H,2,10-11H2,1H3. The van der Waals surface area contributed by atoms with Crippen molar-refractivity contribution in [3.63, 3.8) is 0 Å². The largest absolute Gasteiger partial charge is 0.494 e. The molecule has 0 heterocycles. The zero-order valence-corrected chi connectivity index (χ0v) is 12.8. The summed E-state index contributed by atoms with van der Waals surface area (Å²) in [6.45, 7) is 3.50. The molecule has 0 saturated heterocycles. The van der Waals surface area contributed by atoms with E-state index in [2.05, 4.69) is 12.2 Å². The predicted octanol–water partition coefficient (Wildman–Crippen LogP) is 5.39. The van der Waals surface area contributed by atoms with Crippen LogP contribution in [0.25, 0.3) is 0 Å². The second-order valence-corrected chi connectivity index (χ2v) is 5.26. The molecule has 2 aromatic carbocycles. The normalized spacial score (nSPS) is 10.3. The topological polar surface area (TPSA) is 21.3 Å². The van der Waals surface area contributed by atoms with Gasteiger partial charge in [-0.1, -0.05) is 48.3 Å². The van der Waals surface area contributed by atoms with Crippen LogP contribution in [0.2, 0.25) is 10.0 Å². The third-order valence-corrected chi connectivity index (χ3v) is 3.46. The molecule has 0 saturated carbocycles. The molecule has 20 heavy (non-hydrogen) atoms. The Bertz CT molecular complexity index is 535. The van der Waals surface area contributed by atoms with Crippen LogP contribution in [0.15, 0.2) is 42.5 Å². The van der Waals surface area contributed by atoms with Crippen LogP contribution in [0, 0.1) is 0 Å². The molecule has 0 bridgehead atoms. The van der Waals surface area contributed by atoms with Crippen LogP contribution in [0.3, 0.4) is 0 Å². The van der Waals surface area contributed by atoms with E-state index in [1.807, 2.05) is 42.5 Å². The van der Waals surface area contributed by atoms with Crippen LogP contribution in [0.5, 0.6) is 5.75 Å². The number of anilines is 1. The molecular formula is C16H17Cl2NO. The summed E-state index contributed by atoms with van der Waals surface area (Å²) < 4.78 is 5.55. The summed E-state index contributed by atoms with van der Waals surface area (Å²) in [5, 5.41) is 4.51. The van der Waals surface area contributed by atoms with Crippen LogP contribution in [0.4, 0.5) is 5.69 Å². The second-order valence-electron chi connectivity index (χ2n) is 4.44. The monoisotopic (exact) mass is 309 g/mol. The Kier molecular flexibility index (Phi) is 5.57. The zero-order valence-electron chi connectivity index (χ0n) is 11.3. The Labute approximate surface area is 129 Å². The molecular weight excluding hydrogens is 293 g/mol. The Balaban J connectivity index is 1.97. The fraction of sp³-hybridized carbons (Fsp3) is 0.250. The molecule has 1 N–H and O–H groups in total. The Morgan fingerprint density at radius 3 is 2.25 bits per heavy atom. The average molecular weight is 310 g/mol. The van der Waals surface area contributed by atoms with Gasteiger partial charge in [0.2, 0.25) is 0 Å². The minimum absolute atomic E-state index is 0.625. The van der Waals surface area contributed by atoms with Gasteiger partial charge in [-0.3, -0.25) is 0 Å². The molecule has 2 aromatic rings. The van der Waals surface area contributed by atoms with Gasteiger partial charge in [-0.25, -0.2) is 0 Å². The summed E-state index contributed by atoms with van der Waals surface area (Å²) in [6.07, 6.45) is 1.01. The maximum atomic E-state index is 6.11. The van der Waals surface area contributed by atoms with Crippen molar-refractivity contribution >= 4 is 28.9 Å². The molecule has 2 rings (SSSR count). The lowest BCUT2D eigenvalue weighted by atomic mass is 10.2. The van der Waals surface area contributed by atoms with E-state index in [9.17, 15) is 0 Å². The highest BCUT2D eigenvalue weighted by molar-refractivity contribution is 6.39. The lowest BCUT2D eigenvalue weighted by molar-refractivity contribution is 0.317. The number of para-hydroxylation sites is 1. The van der Waals surface area contributed by atoms with Gasteiger partial charge in [0, 0.05) is 6.54 Å². The van der Waals surface area contributed by atoms with E-state index in [1.54, 1.807) is 0 Å². The molecule has 106 valence electrons. The fourth-order valence-corrected chi connectivity index (χ4v) is 2.31. The van der Waals surface area contributed by atoms with E-state index < -0.39 is 0 Å². The quantitative estimate of drug-likeness (QED) is 0.772. The molecule has 0 amide bonds. The van der Waals surface area contributed by atoms with Crippen molar-refractivity contribution in [1.82, 2.24) is 0 Å². The van der Waals surface area contributed by atoms with Crippen LogP contribution < -0.4 is 10.1 Å². The summed E-state index contributed by atoms with van der Waals surface area (Å²) in [5.41, 5.74) is 1.91. The van der Waals surface area contributed by atoms with Crippen molar-refractivity contribution in [2.24, 2.45) is 0 Å². The average Bonchev–Trinajstić information content (AvgIpc) is 2.46. The van der Waals surface area contributed by atoms with Gasteiger partial charge >= 0.3 is 0 Å². The number of ether oxygens (including phenoxy) is 1. The predicted molar refractivity (Wildman–Crippen MR) is 86.0 cm³/mol. The molecule has 0 unspecified atom stereocenters. The third-order valence-electron chi connectivity index (χ3n) is 2.83. The number of halogens is 2. The lowest BCUT2D eigenvalue weighted by Crippen LogP contribution is -2.01. The molecule has 0 fully saturated rings. The van der Waals surface area contributed by atoms with Crippen LogP contribution >= 0.6 is 23.2 Å². The first-order valence-electron chi connectivity index (χ1n) is 6.60. The van der Waals surface area contributed by atoms with E-state index in [-0.39, 0.29) is 0 Å². The smallest absolute Gasteiger partial charge is 0.119 e. The zero-order chi connectivity index (χ0) is 14.4. The van der Waals surface area contributed by atoms with Gasteiger partial charge < -0.3 is 10.1 Å². The summed E-state index contributed by atoms with van der Waals surface area (Å²) in [7, 11) is 0. The molecule has 0 spiro atoms. The van der Waals surface area contributed by atoms with Crippen LogP contribution in [0.1, 0.15) is 18.9 Å². The Morgan fingerprint density at radius 1 is 1.00 bits per heavy atom. The second kappa shape index (κ2) is 7.41. The number of nitrogens with one attached hydrogen (secondary N) is 1. The summed E-state index contributed by atoms with van der Waals surface area (Å²) in [4.78, 5) is 0. The molecule has 0 radical (unpaired) electrons. The molecule has 0 aliphatic carbocycles. The number of hydrogen-bond donors (Lipinski definition) is 1. The Hall–Kier alpha value is -1.38. The van der Waals surface area contributed by atoms with Crippen molar-refractivity contribution < 1.29 is 4.74 Å². The highest BCUT2D eigenvalue weighted by Crippen LogP contribution is 2.30. The Morgan fingerprint density at radius 2 is 1.65 bits per heavy atom. The van der Waals surface area contributed by atoms with Crippen molar-refractivity contribution in [2.75, 3.05) is 11.9 Å². The fourth-order valence-electron chi connectivity index (χ4n) is 1.78. The minimum atomic E-state index is 0.625. The highest BCUT2D eigenvalue weighted by Gasteiger charge is 2.04. The van der Waals surface area contributed by atoms with Crippen molar-refractivity contribution in [2.45, 2.75) is 19.9 Å². The molecule has 0 atom stereocenters. The van der Waals surface area contributed by atoms with E-state index >= 15 is 0 Å². The van der Waals surface area contributed by atoms with Gasteiger partial charge in [0.25, 0.3) is 0 Å². The SMILES string of the molecule is CCCOc1ccc(CNc2c(Cl)cccc2Cl)cc1. The van der Waals surface area contributed by atoms with Gasteiger partial charge in [-0.2, -0.15) is 0 Å². The van der Waals surface area contributed by atoms with Crippen LogP contribution in [-0.2, 0) is 6.54 Å². The minimum Gasteiger partial charge on any atom is -0.494 e. The summed E-state index contributed by atoms with van der Waals surface area (Å²) >= 11 is 12.2. The maximum absolute atomic E-state index is 6.11. The van der Waals surface area contributed by atoms with Gasteiger partial charge in [-0.05, 0) is 36.2 Å². The van der Waals surface area contributed by atoms with E-state index in [0.717, 1.165) is 30.0 Å². The first-order valence-corrected chi connectivity index (χ1v) is 7.36. The summed E-state index contributed by atoms with van der Waals surface area (Å²) in [6, 6.07) is 13.5. The molecule has 4 heteroatoms. The van der Waals surface area contributed by atoms with Gasteiger partial charge in [0.1, 0.15) is 5.75 Å². The number of benzene rings is 2. The van der Waals surface area contributed by atoms with E-state index in [4.69, 9.17) is 27.9 Å². The van der Waals surface area contributed by atoms with Gasteiger partial charge in [0.05, 0.1) is 22.3 Å². The van der Waals surface area contributed by atoms with E-state index in [1.165, 1.54) is 0 Å². The number of hydrogen-bond acceptors (Lipinski definition) is 2. The highest BCUT2D eigenvalue weighted by atomic mass is 35.5. The van der Waals surface area contributed by atoms with Crippen molar-refractivity contribution in [1.29, 1.82) is 0 Å². The maximum Gasteiger partial charge on any atom is 0.119 e. The van der Waals surface area contributed by atoms with Gasteiger partial charge in [-0.15, -0.1) is 0 Å². The molecule has 2 nitrogen and oxygen atoms in total. The van der Waals surface area contributed by atoms with Crippen LogP contribution in [-0.4, -0.2) is 6.61 Å².